The van der Waals surface area contributed by atoms with Crippen LogP contribution in [-0.2, 0) is 0 Å². The van der Waals surface area contributed by atoms with Gasteiger partial charge in [-0.15, -0.1) is 0 Å². The van der Waals surface area contributed by atoms with Gasteiger partial charge in [-0.1, -0.05) is 71.0 Å². The summed E-state index contributed by atoms with van der Waals surface area (Å²) in [5, 5.41) is 9.01. The highest BCUT2D eigenvalue weighted by atomic mass is 16.6. The number of nitrogens with zero attached hydrogens (tertiary/aromatic N) is 2. The molecular weight excluding hydrogens is 252 g/mol. The lowest BCUT2D eigenvalue weighted by molar-refractivity contribution is 0.342. The first-order chi connectivity index (χ1) is 9.93. The molecule has 0 bridgehead atoms. The number of hydrogen-bond acceptors (Lipinski definition) is 4. The van der Waals surface area contributed by atoms with E-state index in [1.165, 1.54) is 0 Å². The van der Waals surface area contributed by atoms with Gasteiger partial charge in [-0.3, -0.25) is 0 Å². The van der Waals surface area contributed by atoms with Gasteiger partial charge in [-0.05, 0) is 0 Å². The summed E-state index contributed by atoms with van der Waals surface area (Å²) in [5.74, 6) is 0.350. The minimum atomic E-state index is 0.350. The summed E-state index contributed by atoms with van der Waals surface area (Å²) >= 11 is 0. The van der Waals surface area contributed by atoms with E-state index >= 15 is 0 Å². The molecule has 4 rings (SSSR count). The van der Waals surface area contributed by atoms with Crippen LogP contribution in [0.15, 0.2) is 69.7 Å². The maximum absolute atomic E-state index is 5.23. The molecule has 0 spiro atoms. The van der Waals surface area contributed by atoms with E-state index in [4.69, 9.17) is 9.05 Å². The molecule has 2 aromatic heterocycles. The first-order valence-electron chi connectivity index (χ1n) is 6.29. The van der Waals surface area contributed by atoms with Gasteiger partial charge in [0.05, 0.1) is 0 Å². The van der Waals surface area contributed by atoms with Gasteiger partial charge < -0.3 is 9.05 Å². The molecule has 20 heavy (non-hydrogen) atoms. The van der Waals surface area contributed by atoms with Gasteiger partial charge >= 0.3 is 5.78 Å². The Hall–Kier alpha value is -2.88. The molecule has 0 N–H and O–H groups in total. The lowest BCUT2D eigenvalue weighted by Gasteiger charge is -1.97. The molecule has 0 aliphatic heterocycles. The third-order valence-corrected chi connectivity index (χ3v) is 3.21. The van der Waals surface area contributed by atoms with Crippen molar-refractivity contribution in [3.05, 3.63) is 60.7 Å². The van der Waals surface area contributed by atoms with Crippen LogP contribution in [0.5, 0.6) is 0 Å². The lowest BCUT2D eigenvalue weighted by atomic mass is 10.1. The fourth-order valence-electron chi connectivity index (χ4n) is 2.27. The van der Waals surface area contributed by atoms with E-state index in [0.29, 0.717) is 5.78 Å². The molecule has 0 saturated carbocycles. The van der Waals surface area contributed by atoms with Crippen molar-refractivity contribution in [1.29, 1.82) is 0 Å². The fourth-order valence-corrected chi connectivity index (χ4v) is 2.27. The number of rotatable bonds is 2. The van der Waals surface area contributed by atoms with E-state index in [2.05, 4.69) is 10.3 Å². The Bertz CT molecular complexity index is 779. The van der Waals surface area contributed by atoms with Crippen molar-refractivity contribution in [2.24, 2.45) is 0 Å². The monoisotopic (exact) mass is 262 g/mol. The molecule has 2 heterocycles. The van der Waals surface area contributed by atoms with Crippen LogP contribution in [0.1, 0.15) is 0 Å². The molecule has 0 radical (unpaired) electrons. The zero-order valence-corrected chi connectivity index (χ0v) is 10.5. The molecule has 4 heteroatoms. The summed E-state index contributed by atoms with van der Waals surface area (Å²) in [6, 6.07) is 19.7. The zero-order valence-electron chi connectivity index (χ0n) is 10.5. The molecule has 2 aromatic carbocycles. The molecule has 0 atom stereocenters. The van der Waals surface area contributed by atoms with Crippen LogP contribution in [-0.4, -0.2) is 10.3 Å². The van der Waals surface area contributed by atoms with Gasteiger partial charge in [0.2, 0.25) is 0 Å². The highest BCUT2D eigenvalue weighted by Crippen LogP contribution is 2.35. The van der Waals surface area contributed by atoms with Gasteiger partial charge in [0.1, 0.15) is 16.8 Å². The standard InChI is InChI=1S/C16H10N2O2/c1-3-7-11(8-4-1)14-13-15(12-9-5-2-6-10-12)18-20-16(13)19-17-14/h1-10H. The minimum Gasteiger partial charge on any atom is -0.314 e. The van der Waals surface area contributed by atoms with Crippen molar-refractivity contribution in [3.8, 4) is 22.5 Å². The minimum absolute atomic E-state index is 0.350. The average Bonchev–Trinajstić information content (AvgIpc) is 3.10. The van der Waals surface area contributed by atoms with Crippen LogP contribution >= 0.6 is 0 Å². The summed E-state index contributed by atoms with van der Waals surface area (Å²) < 4.78 is 10.5. The highest BCUT2D eigenvalue weighted by molar-refractivity contribution is 5.99. The number of benzene rings is 2. The van der Waals surface area contributed by atoms with Gasteiger partial charge in [0.25, 0.3) is 0 Å². The third kappa shape index (κ3) is 1.62. The Morgan fingerprint density at radius 1 is 0.600 bits per heavy atom. The predicted octanol–water partition coefficient (Wildman–Crippen LogP) is 4.15. The van der Waals surface area contributed by atoms with Crippen LogP contribution in [0, 0.1) is 0 Å². The summed E-state index contributed by atoms with van der Waals surface area (Å²) in [5.41, 5.74) is 3.46. The SMILES string of the molecule is c1ccc(-c2noc3onc(-c4ccccc4)c23)cc1. The van der Waals surface area contributed by atoms with Crippen molar-refractivity contribution in [2.45, 2.75) is 0 Å². The van der Waals surface area contributed by atoms with E-state index in [-0.39, 0.29) is 0 Å². The van der Waals surface area contributed by atoms with Gasteiger partial charge in [-0.25, -0.2) is 0 Å². The third-order valence-electron chi connectivity index (χ3n) is 3.21. The van der Waals surface area contributed by atoms with Gasteiger partial charge in [-0.2, -0.15) is 0 Å². The Kier molecular flexibility index (Phi) is 2.39. The van der Waals surface area contributed by atoms with Crippen LogP contribution < -0.4 is 0 Å². The van der Waals surface area contributed by atoms with E-state index in [1.54, 1.807) is 0 Å². The van der Waals surface area contributed by atoms with Crippen LogP contribution in [0.4, 0.5) is 0 Å². The number of aromatic nitrogens is 2. The summed E-state index contributed by atoms with van der Waals surface area (Å²) in [4.78, 5) is 0. The Morgan fingerprint density at radius 3 is 1.50 bits per heavy atom. The predicted molar refractivity (Wildman–Crippen MR) is 74.9 cm³/mol. The summed E-state index contributed by atoms with van der Waals surface area (Å²) in [6.45, 7) is 0. The Labute approximate surface area is 114 Å². The summed E-state index contributed by atoms with van der Waals surface area (Å²) in [7, 11) is 0. The topological polar surface area (TPSA) is 52.1 Å². The zero-order chi connectivity index (χ0) is 13.4. The van der Waals surface area contributed by atoms with E-state index in [0.717, 1.165) is 27.9 Å². The molecule has 0 unspecified atom stereocenters. The maximum atomic E-state index is 5.23. The highest BCUT2D eigenvalue weighted by Gasteiger charge is 2.20. The van der Waals surface area contributed by atoms with Gasteiger partial charge in [0.15, 0.2) is 0 Å². The normalized spacial score (nSPS) is 11.0. The lowest BCUT2D eigenvalue weighted by Crippen LogP contribution is -1.81. The number of hydrogen-bond donors (Lipinski definition) is 0. The second kappa shape index (κ2) is 4.35. The van der Waals surface area contributed by atoms with Crippen molar-refractivity contribution in [3.63, 3.8) is 0 Å². The quantitative estimate of drug-likeness (QED) is 0.544. The fraction of sp³-hybridized carbons (Fsp3) is 0. The van der Waals surface area contributed by atoms with Crippen LogP contribution in [0.2, 0.25) is 0 Å². The second-order valence-electron chi connectivity index (χ2n) is 4.46. The van der Waals surface area contributed by atoms with Crippen molar-refractivity contribution < 1.29 is 9.05 Å². The van der Waals surface area contributed by atoms with Gasteiger partial charge in [0, 0.05) is 11.1 Å². The van der Waals surface area contributed by atoms with Crippen LogP contribution in [0.3, 0.4) is 0 Å². The maximum Gasteiger partial charge on any atom is 0.349 e. The molecule has 0 aliphatic rings. The molecule has 4 nitrogen and oxygen atoms in total. The molecule has 0 saturated heterocycles. The van der Waals surface area contributed by atoms with Crippen molar-refractivity contribution in [2.75, 3.05) is 0 Å². The van der Waals surface area contributed by atoms with Crippen molar-refractivity contribution in [1.82, 2.24) is 10.3 Å². The molecular formula is C16H10N2O2. The van der Waals surface area contributed by atoms with E-state index in [9.17, 15) is 0 Å². The molecule has 0 aliphatic carbocycles. The molecule has 0 fully saturated rings. The Balaban J connectivity index is 1.99. The number of fused-ring (bicyclic) bond motifs is 1. The first-order valence-corrected chi connectivity index (χ1v) is 6.29. The summed E-state index contributed by atoms with van der Waals surface area (Å²) in [6.07, 6.45) is 0. The molecule has 96 valence electrons. The van der Waals surface area contributed by atoms with Crippen LogP contribution in [0.25, 0.3) is 33.7 Å². The van der Waals surface area contributed by atoms with E-state index in [1.807, 2.05) is 60.7 Å². The molecule has 4 aromatic rings. The van der Waals surface area contributed by atoms with Crippen molar-refractivity contribution >= 4 is 11.2 Å². The smallest absolute Gasteiger partial charge is 0.314 e. The average molecular weight is 262 g/mol. The second-order valence-corrected chi connectivity index (χ2v) is 4.46. The first kappa shape index (κ1) is 11.0. The Morgan fingerprint density at radius 2 is 1.05 bits per heavy atom. The largest absolute Gasteiger partial charge is 0.349 e. The van der Waals surface area contributed by atoms with E-state index < -0.39 is 0 Å². The molecule has 0 amide bonds.